The van der Waals surface area contributed by atoms with Gasteiger partial charge < -0.3 is 9.94 Å². The summed E-state index contributed by atoms with van der Waals surface area (Å²) in [6, 6.07) is 8.43. The number of ether oxygens (including phenoxy) is 1. The zero-order chi connectivity index (χ0) is 9.97. The number of rotatable bonds is 3. The summed E-state index contributed by atoms with van der Waals surface area (Å²) >= 11 is 0. The minimum Gasteiger partial charge on any atom is -0.497 e. The van der Waals surface area contributed by atoms with Crippen LogP contribution in [-0.4, -0.2) is 18.4 Å². The average Bonchev–Trinajstić information content (AvgIpc) is 2.17. The van der Waals surface area contributed by atoms with E-state index in [9.17, 15) is 0 Å². The van der Waals surface area contributed by atoms with Crippen molar-refractivity contribution in [2.24, 2.45) is 0 Å². The van der Waals surface area contributed by atoms with Gasteiger partial charge in [-0.2, -0.15) is 0 Å². The predicted molar refractivity (Wildman–Crippen MR) is 53.7 cm³/mol. The van der Waals surface area contributed by atoms with E-state index in [1.54, 1.807) is 7.11 Å². The lowest BCUT2D eigenvalue weighted by atomic mass is 9.76. The van der Waals surface area contributed by atoms with E-state index in [4.69, 9.17) is 9.94 Å². The Morgan fingerprint density at radius 1 is 1.29 bits per heavy atom. The van der Waals surface area contributed by atoms with E-state index in [-0.39, 0.29) is 6.04 Å². The normalized spacial score (nSPS) is 25.6. The van der Waals surface area contributed by atoms with Crippen molar-refractivity contribution in [3.63, 3.8) is 0 Å². The topological polar surface area (TPSA) is 41.5 Å². The Bertz CT molecular complexity index is 291. The standard InChI is InChI=1S/C11H15NO2/c1-14-11-4-2-8(3-5-11)9-6-10(7-9)12-13/h2-5,9-10,12-13H,6-7H2,1H3. The number of methoxy groups -OCH3 is 1. The fourth-order valence-electron chi connectivity index (χ4n) is 1.87. The van der Waals surface area contributed by atoms with Crippen LogP contribution in [0.1, 0.15) is 24.3 Å². The van der Waals surface area contributed by atoms with Gasteiger partial charge in [-0.05, 0) is 36.5 Å². The van der Waals surface area contributed by atoms with Gasteiger partial charge in [-0.3, -0.25) is 0 Å². The van der Waals surface area contributed by atoms with Crippen molar-refractivity contribution in [1.29, 1.82) is 0 Å². The van der Waals surface area contributed by atoms with Gasteiger partial charge in [-0.25, -0.2) is 5.48 Å². The molecule has 1 aromatic rings. The number of hydroxylamine groups is 1. The number of benzene rings is 1. The molecule has 0 atom stereocenters. The molecule has 0 aromatic heterocycles. The van der Waals surface area contributed by atoms with E-state index < -0.39 is 0 Å². The Balaban J connectivity index is 1.98. The second-order valence-corrected chi connectivity index (χ2v) is 3.77. The van der Waals surface area contributed by atoms with Crippen LogP contribution in [0.25, 0.3) is 0 Å². The molecule has 1 saturated carbocycles. The van der Waals surface area contributed by atoms with E-state index in [0.29, 0.717) is 5.92 Å². The van der Waals surface area contributed by atoms with Gasteiger partial charge in [0, 0.05) is 6.04 Å². The van der Waals surface area contributed by atoms with Gasteiger partial charge >= 0.3 is 0 Å². The third kappa shape index (κ3) is 1.74. The molecule has 0 radical (unpaired) electrons. The van der Waals surface area contributed by atoms with Gasteiger partial charge in [0.05, 0.1) is 7.11 Å². The van der Waals surface area contributed by atoms with E-state index in [2.05, 4.69) is 17.6 Å². The van der Waals surface area contributed by atoms with Crippen molar-refractivity contribution in [2.75, 3.05) is 7.11 Å². The number of hydrogen-bond donors (Lipinski definition) is 2. The van der Waals surface area contributed by atoms with Crippen LogP contribution in [0.3, 0.4) is 0 Å². The molecule has 0 bridgehead atoms. The highest BCUT2D eigenvalue weighted by Crippen LogP contribution is 2.36. The third-order valence-electron chi connectivity index (χ3n) is 2.91. The molecule has 0 unspecified atom stereocenters. The van der Waals surface area contributed by atoms with Gasteiger partial charge in [0.25, 0.3) is 0 Å². The molecule has 2 rings (SSSR count). The SMILES string of the molecule is COc1ccc(C2CC(NO)C2)cc1. The zero-order valence-electron chi connectivity index (χ0n) is 8.23. The van der Waals surface area contributed by atoms with Crippen LogP contribution in [0.15, 0.2) is 24.3 Å². The molecule has 3 heteroatoms. The first-order valence-corrected chi connectivity index (χ1v) is 4.87. The van der Waals surface area contributed by atoms with Crippen molar-refractivity contribution < 1.29 is 9.94 Å². The third-order valence-corrected chi connectivity index (χ3v) is 2.91. The maximum absolute atomic E-state index is 8.66. The molecule has 76 valence electrons. The molecule has 1 aliphatic rings. The lowest BCUT2D eigenvalue weighted by Gasteiger charge is -2.34. The maximum atomic E-state index is 8.66. The number of nitrogens with one attached hydrogen (secondary N) is 1. The van der Waals surface area contributed by atoms with Crippen LogP contribution in [0.5, 0.6) is 5.75 Å². The molecule has 1 aromatic carbocycles. The van der Waals surface area contributed by atoms with E-state index in [1.807, 2.05) is 12.1 Å². The fourth-order valence-corrected chi connectivity index (χ4v) is 1.87. The number of hydrogen-bond acceptors (Lipinski definition) is 3. The molecule has 14 heavy (non-hydrogen) atoms. The first-order valence-electron chi connectivity index (χ1n) is 4.87. The Morgan fingerprint density at radius 2 is 1.93 bits per heavy atom. The van der Waals surface area contributed by atoms with Crippen LogP contribution in [0, 0.1) is 0 Å². The lowest BCUT2D eigenvalue weighted by Crippen LogP contribution is -2.37. The monoisotopic (exact) mass is 193 g/mol. The minimum atomic E-state index is 0.280. The first kappa shape index (κ1) is 9.49. The van der Waals surface area contributed by atoms with E-state index in [0.717, 1.165) is 18.6 Å². The van der Waals surface area contributed by atoms with E-state index in [1.165, 1.54) is 5.56 Å². The van der Waals surface area contributed by atoms with Crippen molar-refractivity contribution in [3.05, 3.63) is 29.8 Å². The lowest BCUT2D eigenvalue weighted by molar-refractivity contribution is 0.0782. The van der Waals surface area contributed by atoms with Crippen molar-refractivity contribution in [1.82, 2.24) is 5.48 Å². The second-order valence-electron chi connectivity index (χ2n) is 3.77. The summed E-state index contributed by atoms with van der Waals surface area (Å²) in [5.41, 5.74) is 3.63. The summed E-state index contributed by atoms with van der Waals surface area (Å²) < 4.78 is 5.09. The van der Waals surface area contributed by atoms with Gasteiger partial charge in [0.2, 0.25) is 0 Å². The summed E-state index contributed by atoms with van der Waals surface area (Å²) in [4.78, 5) is 0. The zero-order valence-corrected chi connectivity index (χ0v) is 8.23. The summed E-state index contributed by atoms with van der Waals surface area (Å²) in [5, 5.41) is 8.66. The predicted octanol–water partition coefficient (Wildman–Crippen LogP) is 1.92. The highest BCUT2D eigenvalue weighted by molar-refractivity contribution is 5.30. The molecule has 0 aliphatic heterocycles. The second kappa shape index (κ2) is 3.98. The Kier molecular flexibility index (Phi) is 2.70. The molecular weight excluding hydrogens is 178 g/mol. The van der Waals surface area contributed by atoms with Crippen LogP contribution in [0.2, 0.25) is 0 Å². The smallest absolute Gasteiger partial charge is 0.118 e. The molecule has 3 nitrogen and oxygen atoms in total. The van der Waals surface area contributed by atoms with Crippen LogP contribution in [0.4, 0.5) is 0 Å². The summed E-state index contributed by atoms with van der Waals surface area (Å²) in [7, 11) is 1.67. The first-order chi connectivity index (χ1) is 6.83. The van der Waals surface area contributed by atoms with Gasteiger partial charge in [-0.1, -0.05) is 12.1 Å². The van der Waals surface area contributed by atoms with Crippen LogP contribution < -0.4 is 10.2 Å². The Labute approximate surface area is 83.7 Å². The summed E-state index contributed by atoms with van der Waals surface area (Å²) in [6.45, 7) is 0. The van der Waals surface area contributed by atoms with Crippen molar-refractivity contribution in [3.8, 4) is 5.75 Å². The highest BCUT2D eigenvalue weighted by Gasteiger charge is 2.29. The van der Waals surface area contributed by atoms with Gasteiger partial charge in [0.15, 0.2) is 0 Å². The molecule has 0 saturated heterocycles. The van der Waals surface area contributed by atoms with Crippen LogP contribution in [-0.2, 0) is 0 Å². The van der Waals surface area contributed by atoms with E-state index >= 15 is 0 Å². The summed E-state index contributed by atoms with van der Waals surface area (Å²) in [6.07, 6.45) is 2.03. The fraction of sp³-hybridized carbons (Fsp3) is 0.455. The van der Waals surface area contributed by atoms with Crippen molar-refractivity contribution in [2.45, 2.75) is 24.8 Å². The molecule has 0 amide bonds. The molecule has 1 fully saturated rings. The Morgan fingerprint density at radius 3 is 2.43 bits per heavy atom. The Hall–Kier alpha value is -1.06. The quantitative estimate of drug-likeness (QED) is 0.721. The molecule has 1 aliphatic carbocycles. The largest absolute Gasteiger partial charge is 0.497 e. The van der Waals surface area contributed by atoms with Gasteiger partial charge in [-0.15, -0.1) is 0 Å². The highest BCUT2D eigenvalue weighted by atomic mass is 16.5. The molecule has 2 N–H and O–H groups in total. The minimum absolute atomic E-state index is 0.280. The van der Waals surface area contributed by atoms with Crippen molar-refractivity contribution >= 4 is 0 Å². The average molecular weight is 193 g/mol. The van der Waals surface area contributed by atoms with Gasteiger partial charge in [0.1, 0.15) is 5.75 Å². The molecule has 0 heterocycles. The van der Waals surface area contributed by atoms with Crippen LogP contribution >= 0.6 is 0 Å². The molecule has 0 spiro atoms. The summed E-state index contributed by atoms with van der Waals surface area (Å²) in [5.74, 6) is 1.48. The molecular formula is C11H15NO2. The maximum Gasteiger partial charge on any atom is 0.118 e.